The zero-order chi connectivity index (χ0) is 23.3. The monoisotopic (exact) mass is 493 g/mol. The van der Waals surface area contributed by atoms with Crippen LogP contribution in [0.15, 0.2) is 64.4 Å². The lowest BCUT2D eigenvalue weighted by Crippen LogP contribution is -2.46. The first kappa shape index (κ1) is 24.0. The SMILES string of the molecule is CC(NS(=O)(=O)c1ccccc1)C(=O)NCCN1C(=O)SC(=Cc2ccccc2Cl)C1=O. The van der Waals surface area contributed by atoms with Gasteiger partial charge in [0.05, 0.1) is 15.8 Å². The molecule has 1 atom stereocenters. The minimum Gasteiger partial charge on any atom is -0.353 e. The van der Waals surface area contributed by atoms with Crippen molar-refractivity contribution in [2.24, 2.45) is 0 Å². The molecule has 0 spiro atoms. The van der Waals surface area contributed by atoms with Gasteiger partial charge in [-0.05, 0) is 48.5 Å². The highest BCUT2D eigenvalue weighted by Gasteiger charge is 2.35. The first-order valence-corrected chi connectivity index (χ1v) is 12.2. The zero-order valence-corrected chi connectivity index (χ0v) is 19.3. The first-order chi connectivity index (χ1) is 15.2. The van der Waals surface area contributed by atoms with E-state index in [9.17, 15) is 22.8 Å². The van der Waals surface area contributed by atoms with E-state index >= 15 is 0 Å². The standard InChI is InChI=1S/C21H20ClN3O5S2/c1-14(24-32(29,30)16-8-3-2-4-9-16)19(26)23-11-12-25-20(27)18(31-21(25)28)13-15-7-5-6-10-17(15)22/h2-10,13-14,24H,11-12H2,1H3,(H,23,26). The number of halogens is 1. The molecule has 1 unspecified atom stereocenters. The molecule has 0 radical (unpaired) electrons. The smallest absolute Gasteiger partial charge is 0.293 e. The van der Waals surface area contributed by atoms with Crippen LogP contribution in [0, 0.1) is 0 Å². The van der Waals surface area contributed by atoms with Gasteiger partial charge in [0, 0.05) is 18.1 Å². The Kier molecular flexibility index (Phi) is 7.73. The normalized spacial score (nSPS) is 16.4. The molecular formula is C21H20ClN3O5S2. The second-order valence-corrected chi connectivity index (χ2v) is 9.92. The summed E-state index contributed by atoms with van der Waals surface area (Å²) in [6.45, 7) is 1.34. The Morgan fingerprint density at radius 3 is 2.47 bits per heavy atom. The van der Waals surface area contributed by atoms with Gasteiger partial charge < -0.3 is 5.32 Å². The molecular weight excluding hydrogens is 474 g/mol. The molecule has 2 aromatic rings. The fraction of sp³-hybridized carbons (Fsp3) is 0.190. The number of hydrogen-bond acceptors (Lipinski definition) is 6. The Hall–Kier alpha value is -2.66. The summed E-state index contributed by atoms with van der Waals surface area (Å²) in [5.41, 5.74) is 0.618. The fourth-order valence-electron chi connectivity index (χ4n) is 2.82. The quantitative estimate of drug-likeness (QED) is 0.547. The summed E-state index contributed by atoms with van der Waals surface area (Å²) < 4.78 is 26.9. The van der Waals surface area contributed by atoms with Crippen LogP contribution in [0.25, 0.3) is 6.08 Å². The van der Waals surface area contributed by atoms with E-state index in [4.69, 9.17) is 11.6 Å². The Morgan fingerprint density at radius 2 is 1.78 bits per heavy atom. The molecule has 11 heteroatoms. The van der Waals surface area contributed by atoms with E-state index in [0.29, 0.717) is 10.6 Å². The van der Waals surface area contributed by atoms with Gasteiger partial charge >= 0.3 is 0 Å². The van der Waals surface area contributed by atoms with Gasteiger partial charge in [-0.2, -0.15) is 4.72 Å². The fourth-order valence-corrected chi connectivity index (χ4v) is 5.09. The number of carbonyl (C=O) groups excluding carboxylic acids is 3. The summed E-state index contributed by atoms with van der Waals surface area (Å²) >= 11 is 6.89. The Balaban J connectivity index is 1.54. The summed E-state index contributed by atoms with van der Waals surface area (Å²) in [6.07, 6.45) is 1.55. The van der Waals surface area contributed by atoms with Gasteiger partial charge in [-0.1, -0.05) is 48.0 Å². The number of rotatable bonds is 8. The van der Waals surface area contributed by atoms with E-state index in [1.165, 1.54) is 19.1 Å². The summed E-state index contributed by atoms with van der Waals surface area (Å²) in [5.74, 6) is -1.06. The second kappa shape index (κ2) is 10.3. The minimum absolute atomic E-state index is 0.0202. The third-order valence-corrected chi connectivity index (χ3v) is 7.29. The lowest BCUT2D eigenvalue weighted by Gasteiger charge is -2.16. The lowest BCUT2D eigenvalue weighted by molar-refractivity contribution is -0.124. The maximum Gasteiger partial charge on any atom is 0.293 e. The number of sulfonamides is 1. The van der Waals surface area contributed by atoms with Crippen molar-refractivity contribution in [3.05, 3.63) is 70.1 Å². The number of benzene rings is 2. The Labute approximate surface area is 195 Å². The largest absolute Gasteiger partial charge is 0.353 e. The molecule has 3 amide bonds. The third kappa shape index (κ3) is 5.77. The predicted molar refractivity (Wildman–Crippen MR) is 123 cm³/mol. The van der Waals surface area contributed by atoms with Crippen molar-refractivity contribution in [1.82, 2.24) is 14.9 Å². The maximum atomic E-state index is 12.6. The molecule has 3 rings (SSSR count). The van der Waals surface area contributed by atoms with Crippen LogP contribution >= 0.6 is 23.4 Å². The summed E-state index contributed by atoms with van der Waals surface area (Å²) in [4.78, 5) is 38.3. The molecule has 32 heavy (non-hydrogen) atoms. The molecule has 0 saturated carbocycles. The number of nitrogens with one attached hydrogen (secondary N) is 2. The van der Waals surface area contributed by atoms with Crippen LogP contribution in [0.2, 0.25) is 5.02 Å². The van der Waals surface area contributed by atoms with Gasteiger partial charge in [-0.15, -0.1) is 0 Å². The maximum absolute atomic E-state index is 12.6. The van der Waals surface area contributed by atoms with Crippen molar-refractivity contribution < 1.29 is 22.8 Å². The third-order valence-electron chi connectivity index (χ3n) is 4.48. The molecule has 1 fully saturated rings. The van der Waals surface area contributed by atoms with Gasteiger partial charge in [0.25, 0.3) is 11.1 Å². The van der Waals surface area contributed by atoms with Crippen molar-refractivity contribution >= 4 is 56.5 Å². The number of hydrogen-bond donors (Lipinski definition) is 2. The number of nitrogens with zero attached hydrogens (tertiary/aromatic N) is 1. The Morgan fingerprint density at radius 1 is 1.12 bits per heavy atom. The van der Waals surface area contributed by atoms with E-state index < -0.39 is 33.1 Å². The van der Waals surface area contributed by atoms with Crippen molar-refractivity contribution in [2.75, 3.05) is 13.1 Å². The van der Waals surface area contributed by atoms with E-state index in [0.717, 1.165) is 16.7 Å². The highest BCUT2D eigenvalue weighted by atomic mass is 35.5. The van der Waals surface area contributed by atoms with Gasteiger partial charge in [-0.3, -0.25) is 19.3 Å². The number of amides is 3. The highest BCUT2D eigenvalue weighted by Crippen LogP contribution is 2.33. The number of carbonyl (C=O) groups is 3. The van der Waals surface area contributed by atoms with Crippen LogP contribution in [0.1, 0.15) is 12.5 Å². The van der Waals surface area contributed by atoms with Crippen LogP contribution in [0.3, 0.4) is 0 Å². The molecule has 1 aliphatic rings. The van der Waals surface area contributed by atoms with Crippen molar-refractivity contribution in [2.45, 2.75) is 17.9 Å². The lowest BCUT2D eigenvalue weighted by atomic mass is 10.2. The average molecular weight is 494 g/mol. The summed E-state index contributed by atoms with van der Waals surface area (Å²) in [5, 5.41) is 2.54. The molecule has 1 saturated heterocycles. The van der Waals surface area contributed by atoms with E-state index in [1.54, 1.807) is 48.5 Å². The first-order valence-electron chi connectivity index (χ1n) is 9.54. The average Bonchev–Trinajstić information content (AvgIpc) is 3.03. The van der Waals surface area contributed by atoms with Crippen LogP contribution < -0.4 is 10.0 Å². The van der Waals surface area contributed by atoms with Crippen molar-refractivity contribution in [1.29, 1.82) is 0 Å². The van der Waals surface area contributed by atoms with E-state index in [-0.39, 0.29) is 22.9 Å². The van der Waals surface area contributed by atoms with Gasteiger partial charge in [0.15, 0.2) is 0 Å². The summed E-state index contributed by atoms with van der Waals surface area (Å²) in [7, 11) is -3.85. The summed E-state index contributed by atoms with van der Waals surface area (Å²) in [6, 6.07) is 13.6. The highest BCUT2D eigenvalue weighted by molar-refractivity contribution is 8.18. The molecule has 0 aromatic heterocycles. The van der Waals surface area contributed by atoms with E-state index in [2.05, 4.69) is 10.0 Å². The van der Waals surface area contributed by atoms with Gasteiger partial charge in [-0.25, -0.2) is 8.42 Å². The van der Waals surface area contributed by atoms with Gasteiger partial charge in [0.1, 0.15) is 0 Å². The topological polar surface area (TPSA) is 113 Å². The minimum atomic E-state index is -3.85. The van der Waals surface area contributed by atoms with Crippen LogP contribution in [0.5, 0.6) is 0 Å². The Bertz CT molecular complexity index is 1170. The zero-order valence-electron chi connectivity index (χ0n) is 16.9. The molecule has 1 heterocycles. The molecule has 168 valence electrons. The van der Waals surface area contributed by atoms with Crippen molar-refractivity contribution in [3.63, 3.8) is 0 Å². The second-order valence-electron chi connectivity index (χ2n) is 6.80. The molecule has 0 aliphatic carbocycles. The van der Waals surface area contributed by atoms with Crippen LogP contribution in [-0.4, -0.2) is 49.5 Å². The van der Waals surface area contributed by atoms with Crippen LogP contribution in [-0.2, 0) is 19.6 Å². The van der Waals surface area contributed by atoms with Gasteiger partial charge in [0.2, 0.25) is 15.9 Å². The molecule has 0 bridgehead atoms. The van der Waals surface area contributed by atoms with Crippen LogP contribution in [0.4, 0.5) is 4.79 Å². The predicted octanol–water partition coefficient (Wildman–Crippen LogP) is 2.86. The molecule has 8 nitrogen and oxygen atoms in total. The molecule has 2 aromatic carbocycles. The molecule has 2 N–H and O–H groups in total. The van der Waals surface area contributed by atoms with Crippen molar-refractivity contribution in [3.8, 4) is 0 Å². The molecule has 1 aliphatic heterocycles. The van der Waals surface area contributed by atoms with E-state index in [1.807, 2.05) is 0 Å². The number of imide groups is 1. The number of thioether (sulfide) groups is 1.